The lowest BCUT2D eigenvalue weighted by atomic mass is 9.94. The van der Waals surface area contributed by atoms with Crippen molar-refractivity contribution in [2.24, 2.45) is 0 Å². The van der Waals surface area contributed by atoms with E-state index in [0.29, 0.717) is 22.4 Å². The van der Waals surface area contributed by atoms with Gasteiger partial charge in [0.1, 0.15) is 0 Å². The van der Waals surface area contributed by atoms with E-state index in [1.807, 2.05) is 0 Å². The zero-order valence-corrected chi connectivity index (χ0v) is 15.1. The van der Waals surface area contributed by atoms with Crippen LogP contribution < -0.4 is 5.32 Å². The summed E-state index contributed by atoms with van der Waals surface area (Å²) < 4.78 is 9.85. The van der Waals surface area contributed by atoms with Crippen LogP contribution >= 0.6 is 0 Å². The lowest BCUT2D eigenvalue weighted by Gasteiger charge is -2.34. The zero-order chi connectivity index (χ0) is 19.3. The van der Waals surface area contributed by atoms with E-state index in [1.54, 1.807) is 44.2 Å². The molecule has 0 spiro atoms. The largest absolute Gasteiger partial charge is 0.465 e. The van der Waals surface area contributed by atoms with Crippen LogP contribution in [0, 0.1) is 0 Å². The Kier molecular flexibility index (Phi) is 6.16. The maximum Gasteiger partial charge on any atom is 0.338 e. The molecule has 1 heterocycles. The summed E-state index contributed by atoms with van der Waals surface area (Å²) in [6.45, 7) is 7.55. The van der Waals surface area contributed by atoms with E-state index < -0.39 is 18.0 Å². The second kappa shape index (κ2) is 8.33. The Morgan fingerprint density at radius 1 is 1.27 bits per heavy atom. The lowest BCUT2D eigenvalue weighted by molar-refractivity contribution is -0.139. The quantitative estimate of drug-likeness (QED) is 0.624. The van der Waals surface area contributed by atoms with Gasteiger partial charge >= 0.3 is 18.0 Å². The molecular weight excluding hydrogens is 336 g/mol. The molecule has 1 atom stereocenters. The van der Waals surface area contributed by atoms with Gasteiger partial charge in [0.05, 0.1) is 30.9 Å². The zero-order valence-electron chi connectivity index (χ0n) is 15.1. The third kappa shape index (κ3) is 3.77. The highest BCUT2D eigenvalue weighted by atomic mass is 16.5. The minimum atomic E-state index is -0.672. The van der Waals surface area contributed by atoms with Gasteiger partial charge in [-0.15, -0.1) is 6.58 Å². The number of methoxy groups -OCH3 is 1. The van der Waals surface area contributed by atoms with Crippen LogP contribution in [0.25, 0.3) is 0 Å². The summed E-state index contributed by atoms with van der Waals surface area (Å²) in [7, 11) is 1.30. The number of urea groups is 1. The van der Waals surface area contributed by atoms with Crippen molar-refractivity contribution < 1.29 is 23.9 Å². The lowest BCUT2D eigenvalue weighted by Crippen LogP contribution is -2.48. The molecule has 138 valence electrons. The number of rotatable bonds is 6. The summed E-state index contributed by atoms with van der Waals surface area (Å²) in [5.74, 6) is -0.958. The molecule has 7 heteroatoms. The van der Waals surface area contributed by atoms with Gasteiger partial charge in [0.15, 0.2) is 0 Å². The van der Waals surface area contributed by atoms with E-state index in [4.69, 9.17) is 4.74 Å². The molecule has 2 amide bonds. The summed E-state index contributed by atoms with van der Waals surface area (Å²) in [4.78, 5) is 38.0. The van der Waals surface area contributed by atoms with Crippen molar-refractivity contribution in [1.82, 2.24) is 10.2 Å². The second-order valence-corrected chi connectivity index (χ2v) is 5.61. The highest BCUT2D eigenvalue weighted by molar-refractivity contribution is 5.95. The first-order chi connectivity index (χ1) is 12.4. The maximum atomic E-state index is 12.5. The topological polar surface area (TPSA) is 84.9 Å². The molecule has 0 fully saturated rings. The highest BCUT2D eigenvalue weighted by Crippen LogP contribution is 2.31. The van der Waals surface area contributed by atoms with E-state index in [9.17, 15) is 14.4 Å². The number of carbonyl (C=O) groups is 3. The molecule has 0 bridgehead atoms. The molecule has 1 aliphatic heterocycles. The fraction of sp³-hybridized carbons (Fsp3) is 0.316. The van der Waals surface area contributed by atoms with Crippen LogP contribution in [-0.2, 0) is 14.3 Å². The Hall–Kier alpha value is -3.09. The second-order valence-electron chi connectivity index (χ2n) is 5.61. The van der Waals surface area contributed by atoms with Crippen LogP contribution in [0.5, 0.6) is 0 Å². The molecule has 0 aliphatic carbocycles. The average molecular weight is 358 g/mol. The smallest absolute Gasteiger partial charge is 0.338 e. The van der Waals surface area contributed by atoms with Gasteiger partial charge in [-0.1, -0.05) is 18.2 Å². The fourth-order valence-electron chi connectivity index (χ4n) is 2.78. The summed E-state index contributed by atoms with van der Waals surface area (Å²) in [5.41, 5.74) is 1.89. The predicted molar refractivity (Wildman–Crippen MR) is 95.3 cm³/mol. The van der Waals surface area contributed by atoms with Crippen molar-refractivity contribution in [1.29, 1.82) is 0 Å². The van der Waals surface area contributed by atoms with Gasteiger partial charge in [-0.25, -0.2) is 14.4 Å². The molecule has 7 nitrogen and oxygen atoms in total. The van der Waals surface area contributed by atoms with Gasteiger partial charge in [-0.05, 0) is 31.5 Å². The Balaban J connectivity index is 2.47. The van der Waals surface area contributed by atoms with Crippen LogP contribution in [-0.4, -0.2) is 43.1 Å². The van der Waals surface area contributed by atoms with E-state index >= 15 is 0 Å². The van der Waals surface area contributed by atoms with Gasteiger partial charge < -0.3 is 14.8 Å². The Morgan fingerprint density at radius 2 is 1.92 bits per heavy atom. The standard InChI is InChI=1S/C19H22N2O5/c1-5-11-21-12(3)15(18(23)26-6-2)16(20-19(21)24)13-7-9-14(10-8-13)17(22)25-4/h5,7-10,16H,1,6,11H2,2-4H3,(H,20,24). The molecule has 26 heavy (non-hydrogen) atoms. The van der Waals surface area contributed by atoms with Gasteiger partial charge in [0.2, 0.25) is 0 Å². The summed E-state index contributed by atoms with van der Waals surface area (Å²) >= 11 is 0. The van der Waals surface area contributed by atoms with Gasteiger partial charge in [0, 0.05) is 12.2 Å². The molecule has 1 aromatic rings. The predicted octanol–water partition coefficient (Wildman–Crippen LogP) is 2.56. The number of allylic oxidation sites excluding steroid dienone is 1. The summed E-state index contributed by atoms with van der Waals surface area (Å²) in [6, 6.07) is 5.51. The van der Waals surface area contributed by atoms with Crippen molar-refractivity contribution in [2.45, 2.75) is 19.9 Å². The minimum absolute atomic E-state index is 0.221. The van der Waals surface area contributed by atoms with E-state index in [0.717, 1.165) is 0 Å². The van der Waals surface area contributed by atoms with E-state index in [1.165, 1.54) is 12.0 Å². The Labute approximate surface area is 152 Å². The fourth-order valence-corrected chi connectivity index (χ4v) is 2.78. The molecule has 1 unspecified atom stereocenters. The van der Waals surface area contributed by atoms with Crippen LogP contribution in [0.2, 0.25) is 0 Å². The molecule has 2 rings (SSSR count). The van der Waals surface area contributed by atoms with Crippen LogP contribution in [0.15, 0.2) is 48.2 Å². The minimum Gasteiger partial charge on any atom is -0.465 e. The Morgan fingerprint density at radius 3 is 2.46 bits per heavy atom. The van der Waals surface area contributed by atoms with Crippen molar-refractivity contribution in [3.05, 3.63) is 59.3 Å². The van der Waals surface area contributed by atoms with Crippen molar-refractivity contribution in [3.8, 4) is 0 Å². The number of hydrogen-bond donors (Lipinski definition) is 1. The van der Waals surface area contributed by atoms with Crippen LogP contribution in [0.4, 0.5) is 4.79 Å². The number of carbonyl (C=O) groups excluding carboxylic acids is 3. The van der Waals surface area contributed by atoms with Gasteiger partial charge in [-0.2, -0.15) is 0 Å². The third-order valence-electron chi connectivity index (χ3n) is 4.07. The van der Waals surface area contributed by atoms with Crippen molar-refractivity contribution >= 4 is 18.0 Å². The molecule has 1 aliphatic rings. The third-order valence-corrected chi connectivity index (χ3v) is 4.07. The molecule has 1 N–H and O–H groups in total. The van der Waals surface area contributed by atoms with E-state index in [-0.39, 0.29) is 19.2 Å². The number of hydrogen-bond acceptors (Lipinski definition) is 5. The maximum absolute atomic E-state index is 12.5. The molecule has 0 aromatic heterocycles. The number of nitrogens with one attached hydrogen (secondary N) is 1. The molecular formula is C19H22N2O5. The number of ether oxygens (including phenoxy) is 2. The van der Waals surface area contributed by atoms with Gasteiger partial charge in [0.25, 0.3) is 0 Å². The average Bonchev–Trinajstić information content (AvgIpc) is 2.64. The molecule has 0 saturated carbocycles. The molecule has 1 aromatic carbocycles. The van der Waals surface area contributed by atoms with Crippen LogP contribution in [0.1, 0.15) is 35.8 Å². The molecule has 0 radical (unpaired) electrons. The van der Waals surface area contributed by atoms with Crippen molar-refractivity contribution in [3.63, 3.8) is 0 Å². The number of esters is 2. The first kappa shape index (κ1) is 19.2. The monoisotopic (exact) mass is 358 g/mol. The SMILES string of the molecule is C=CCN1C(=O)NC(c2ccc(C(=O)OC)cc2)C(C(=O)OCC)=C1C. The highest BCUT2D eigenvalue weighted by Gasteiger charge is 2.36. The Bertz CT molecular complexity index is 752. The summed E-state index contributed by atoms with van der Waals surface area (Å²) in [5, 5.41) is 2.81. The van der Waals surface area contributed by atoms with Gasteiger partial charge in [-0.3, -0.25) is 4.90 Å². The normalized spacial score (nSPS) is 16.8. The summed E-state index contributed by atoms with van der Waals surface area (Å²) in [6.07, 6.45) is 1.58. The van der Waals surface area contributed by atoms with Crippen molar-refractivity contribution in [2.75, 3.05) is 20.3 Å². The molecule has 0 saturated heterocycles. The van der Waals surface area contributed by atoms with E-state index in [2.05, 4.69) is 16.6 Å². The number of amides is 2. The first-order valence-corrected chi connectivity index (χ1v) is 8.19. The number of benzene rings is 1. The number of nitrogens with zero attached hydrogens (tertiary/aromatic N) is 1. The van der Waals surface area contributed by atoms with Crippen LogP contribution in [0.3, 0.4) is 0 Å². The first-order valence-electron chi connectivity index (χ1n) is 8.19.